The number of aryl methyl sites for hydroxylation is 1. The van der Waals surface area contributed by atoms with Gasteiger partial charge in [-0.05, 0) is 69.5 Å². The monoisotopic (exact) mass is 422 g/mol. The molecule has 1 saturated heterocycles. The second kappa shape index (κ2) is 9.47. The Bertz CT molecular complexity index is 962. The zero-order valence-corrected chi connectivity index (χ0v) is 18.3. The zero-order chi connectivity index (χ0) is 21.8. The molecule has 1 aromatic carbocycles. The first kappa shape index (κ1) is 21.3. The van der Waals surface area contributed by atoms with Gasteiger partial charge in [-0.25, -0.2) is 4.98 Å². The van der Waals surface area contributed by atoms with Crippen LogP contribution in [0.5, 0.6) is 11.6 Å². The minimum absolute atomic E-state index is 0.0624. The number of hydrogen-bond donors (Lipinski definition) is 1. The van der Waals surface area contributed by atoms with Crippen molar-refractivity contribution in [3.63, 3.8) is 0 Å². The Labute approximate surface area is 183 Å². The molecule has 0 saturated carbocycles. The number of anilines is 1. The van der Waals surface area contributed by atoms with Gasteiger partial charge in [0.2, 0.25) is 11.8 Å². The van der Waals surface area contributed by atoms with Crippen LogP contribution < -0.4 is 15.0 Å². The molecular weight excluding hydrogens is 392 g/mol. The molecule has 0 bridgehead atoms. The fourth-order valence-corrected chi connectivity index (χ4v) is 4.27. The molecule has 0 spiro atoms. The molecule has 7 heteroatoms. The fraction of sp³-hybridized carbons (Fsp3) is 0.458. The maximum Gasteiger partial charge on any atom is 0.264 e. The number of benzene rings is 1. The smallest absolute Gasteiger partial charge is 0.264 e. The van der Waals surface area contributed by atoms with Crippen molar-refractivity contribution in [2.24, 2.45) is 0 Å². The molecular formula is C24H30N4O3. The highest BCUT2D eigenvalue weighted by Crippen LogP contribution is 2.38. The van der Waals surface area contributed by atoms with E-state index in [9.17, 15) is 9.59 Å². The maximum atomic E-state index is 13.2. The Morgan fingerprint density at radius 3 is 3.00 bits per heavy atom. The van der Waals surface area contributed by atoms with Gasteiger partial charge in [0, 0.05) is 25.3 Å². The Kier molecular flexibility index (Phi) is 6.51. The lowest BCUT2D eigenvalue weighted by Crippen LogP contribution is -2.42. The minimum Gasteiger partial charge on any atom is -0.436 e. The van der Waals surface area contributed by atoms with Gasteiger partial charge in [-0.1, -0.05) is 12.5 Å². The average molecular weight is 423 g/mol. The highest BCUT2D eigenvalue weighted by atomic mass is 16.5. The van der Waals surface area contributed by atoms with Crippen LogP contribution in [0.1, 0.15) is 48.5 Å². The number of likely N-dealkylation sites (tertiary alicyclic amines) is 1. The number of carbonyl (C=O) groups is 2. The molecule has 0 unspecified atom stereocenters. The fourth-order valence-electron chi connectivity index (χ4n) is 4.27. The molecule has 164 valence electrons. The van der Waals surface area contributed by atoms with Crippen molar-refractivity contribution in [1.82, 2.24) is 15.2 Å². The van der Waals surface area contributed by atoms with E-state index in [1.807, 2.05) is 25.1 Å². The third kappa shape index (κ3) is 4.88. The molecule has 2 aliphatic rings. The van der Waals surface area contributed by atoms with Crippen LogP contribution in [0.3, 0.4) is 0 Å². The summed E-state index contributed by atoms with van der Waals surface area (Å²) < 4.78 is 5.90. The molecule has 0 aliphatic carbocycles. The van der Waals surface area contributed by atoms with Crippen LogP contribution in [-0.4, -0.2) is 53.9 Å². The SMILES string of the molecule is Cc1ccc2c(c1)N(CC(=O)NCCCN1CCCC[C@@H]1C)C(=O)c1cccnc1O2. The number of pyridine rings is 1. The van der Waals surface area contributed by atoms with Crippen LogP contribution in [0.15, 0.2) is 36.5 Å². The van der Waals surface area contributed by atoms with Crippen LogP contribution in [0, 0.1) is 6.92 Å². The van der Waals surface area contributed by atoms with E-state index in [0.29, 0.717) is 29.6 Å². The number of nitrogens with one attached hydrogen (secondary N) is 1. The van der Waals surface area contributed by atoms with Gasteiger partial charge in [0.25, 0.3) is 5.91 Å². The predicted molar refractivity (Wildman–Crippen MR) is 120 cm³/mol. The van der Waals surface area contributed by atoms with Crippen LogP contribution in [-0.2, 0) is 4.79 Å². The van der Waals surface area contributed by atoms with E-state index < -0.39 is 0 Å². The van der Waals surface area contributed by atoms with Gasteiger partial charge in [0.05, 0.1) is 5.69 Å². The summed E-state index contributed by atoms with van der Waals surface area (Å²) in [6, 6.07) is 9.58. The quantitative estimate of drug-likeness (QED) is 0.721. The number of hydrogen-bond acceptors (Lipinski definition) is 5. The van der Waals surface area contributed by atoms with Gasteiger partial charge in [0.1, 0.15) is 12.1 Å². The first-order chi connectivity index (χ1) is 15.0. The molecule has 1 aromatic heterocycles. The van der Waals surface area contributed by atoms with Gasteiger partial charge in [0.15, 0.2) is 5.75 Å². The number of nitrogens with zero attached hydrogens (tertiary/aromatic N) is 3. The highest BCUT2D eigenvalue weighted by molar-refractivity contribution is 6.11. The maximum absolute atomic E-state index is 13.2. The van der Waals surface area contributed by atoms with E-state index in [2.05, 4.69) is 22.1 Å². The van der Waals surface area contributed by atoms with E-state index in [0.717, 1.165) is 25.1 Å². The van der Waals surface area contributed by atoms with Gasteiger partial charge in [-0.3, -0.25) is 14.5 Å². The standard InChI is InChI=1S/C24H30N4O3/c1-17-9-10-21-20(15-17)28(24(30)19-8-5-11-26-23(19)31-21)16-22(29)25-12-6-14-27-13-4-3-7-18(27)2/h5,8-11,15,18H,3-4,6-7,12-14,16H2,1-2H3,(H,25,29)/t18-/m0/s1. The summed E-state index contributed by atoms with van der Waals surface area (Å²) >= 11 is 0. The number of ether oxygens (including phenoxy) is 1. The van der Waals surface area contributed by atoms with Gasteiger partial charge in [-0.15, -0.1) is 0 Å². The van der Waals surface area contributed by atoms with Crippen molar-refractivity contribution in [2.45, 2.75) is 45.6 Å². The Hall–Kier alpha value is -2.93. The number of carbonyl (C=O) groups excluding carboxylic acids is 2. The Morgan fingerprint density at radius 2 is 2.16 bits per heavy atom. The lowest BCUT2D eigenvalue weighted by molar-refractivity contribution is -0.119. The first-order valence-electron chi connectivity index (χ1n) is 11.1. The lowest BCUT2D eigenvalue weighted by Gasteiger charge is -2.33. The number of rotatable bonds is 6. The van der Waals surface area contributed by atoms with Crippen LogP contribution in [0.2, 0.25) is 0 Å². The van der Waals surface area contributed by atoms with Gasteiger partial charge >= 0.3 is 0 Å². The molecule has 2 aliphatic heterocycles. The summed E-state index contributed by atoms with van der Waals surface area (Å²) in [4.78, 5) is 34.1. The van der Waals surface area contributed by atoms with Crippen molar-refractivity contribution >= 4 is 17.5 Å². The summed E-state index contributed by atoms with van der Waals surface area (Å²) in [6.45, 7) is 6.88. The van der Waals surface area contributed by atoms with E-state index >= 15 is 0 Å². The third-order valence-electron chi connectivity index (χ3n) is 6.05. The Balaban J connectivity index is 1.42. The van der Waals surface area contributed by atoms with Crippen molar-refractivity contribution < 1.29 is 14.3 Å². The zero-order valence-electron chi connectivity index (χ0n) is 18.3. The molecule has 1 N–H and O–H groups in total. The summed E-state index contributed by atoms with van der Waals surface area (Å²) in [6.07, 6.45) is 6.30. The van der Waals surface area contributed by atoms with Gasteiger partial charge in [-0.2, -0.15) is 0 Å². The highest BCUT2D eigenvalue weighted by Gasteiger charge is 2.30. The Morgan fingerprint density at radius 1 is 1.29 bits per heavy atom. The second-order valence-corrected chi connectivity index (χ2v) is 8.40. The topological polar surface area (TPSA) is 74.8 Å². The first-order valence-corrected chi connectivity index (χ1v) is 11.1. The van der Waals surface area contributed by atoms with Crippen LogP contribution >= 0.6 is 0 Å². The third-order valence-corrected chi connectivity index (χ3v) is 6.05. The largest absolute Gasteiger partial charge is 0.436 e. The minimum atomic E-state index is -0.287. The van der Waals surface area contributed by atoms with E-state index in [-0.39, 0.29) is 24.2 Å². The molecule has 2 aromatic rings. The van der Waals surface area contributed by atoms with Crippen molar-refractivity contribution in [2.75, 3.05) is 31.1 Å². The predicted octanol–water partition coefficient (Wildman–Crippen LogP) is 3.52. The van der Waals surface area contributed by atoms with Crippen molar-refractivity contribution in [3.05, 3.63) is 47.7 Å². The van der Waals surface area contributed by atoms with E-state index in [1.54, 1.807) is 18.3 Å². The molecule has 3 heterocycles. The number of aromatic nitrogens is 1. The molecule has 2 amide bonds. The number of amides is 2. The lowest BCUT2D eigenvalue weighted by atomic mass is 10.0. The van der Waals surface area contributed by atoms with Gasteiger partial charge < -0.3 is 15.0 Å². The average Bonchev–Trinajstić information content (AvgIpc) is 2.87. The van der Waals surface area contributed by atoms with E-state index in [4.69, 9.17) is 4.74 Å². The molecule has 4 rings (SSSR count). The molecule has 7 nitrogen and oxygen atoms in total. The van der Waals surface area contributed by atoms with E-state index in [1.165, 1.54) is 24.2 Å². The van der Waals surface area contributed by atoms with Crippen molar-refractivity contribution in [3.8, 4) is 11.6 Å². The summed E-state index contributed by atoms with van der Waals surface area (Å²) in [5.74, 6) is 0.309. The number of piperidine rings is 1. The summed E-state index contributed by atoms with van der Waals surface area (Å²) in [5.41, 5.74) is 1.92. The van der Waals surface area contributed by atoms with Crippen LogP contribution in [0.4, 0.5) is 5.69 Å². The van der Waals surface area contributed by atoms with Crippen molar-refractivity contribution in [1.29, 1.82) is 0 Å². The normalized spacial score (nSPS) is 18.6. The van der Waals surface area contributed by atoms with Crippen LogP contribution in [0.25, 0.3) is 0 Å². The summed E-state index contributed by atoms with van der Waals surface area (Å²) in [5, 5.41) is 2.98. The molecule has 1 atom stereocenters. The molecule has 1 fully saturated rings. The molecule has 0 radical (unpaired) electrons. The second-order valence-electron chi connectivity index (χ2n) is 8.40. The molecule has 31 heavy (non-hydrogen) atoms. The number of fused-ring (bicyclic) bond motifs is 2. The summed E-state index contributed by atoms with van der Waals surface area (Å²) in [7, 11) is 0.